The fourth-order valence-electron chi connectivity index (χ4n) is 2.54. The van der Waals surface area contributed by atoms with Crippen LogP contribution in [0.15, 0.2) is 12.2 Å². The molecule has 2 heterocycles. The second-order valence-corrected chi connectivity index (χ2v) is 6.93. The second-order valence-electron chi connectivity index (χ2n) is 6.93. The largest absolute Gasteiger partial charge is 0.452 e. The van der Waals surface area contributed by atoms with Crippen molar-refractivity contribution in [2.24, 2.45) is 0 Å². The Kier molecular flexibility index (Phi) is 4.23. The second kappa shape index (κ2) is 5.55. The van der Waals surface area contributed by atoms with Crippen LogP contribution in [0.2, 0.25) is 0 Å². The molecule has 0 unspecified atom stereocenters. The first kappa shape index (κ1) is 16.8. The Balaban J connectivity index is 2.17. The fourth-order valence-corrected chi connectivity index (χ4v) is 2.54. The predicted molar refractivity (Wildman–Crippen MR) is 76.9 cm³/mol. The highest BCUT2D eigenvalue weighted by atomic mass is 16.6. The lowest BCUT2D eigenvalue weighted by molar-refractivity contribution is -0.144. The van der Waals surface area contributed by atoms with Crippen LogP contribution in [0, 0.1) is 0 Å². The van der Waals surface area contributed by atoms with E-state index in [2.05, 4.69) is 0 Å². The van der Waals surface area contributed by atoms with Gasteiger partial charge in [-0.2, -0.15) is 0 Å². The normalized spacial score (nSPS) is 28.6. The van der Waals surface area contributed by atoms with E-state index >= 15 is 0 Å². The van der Waals surface area contributed by atoms with Crippen molar-refractivity contribution in [3.63, 3.8) is 0 Å². The molecule has 0 bridgehead atoms. The van der Waals surface area contributed by atoms with Crippen LogP contribution < -0.4 is 0 Å². The molecule has 0 aliphatic carbocycles. The zero-order chi connectivity index (χ0) is 16.7. The number of hydrogen-bond acceptors (Lipinski definition) is 6. The Bertz CT molecular complexity index is 493. The number of carbonyl (C=O) groups is 2. The van der Waals surface area contributed by atoms with E-state index in [-0.39, 0.29) is 6.61 Å². The first-order chi connectivity index (χ1) is 10.0. The number of hydrogen-bond donors (Lipinski definition) is 1. The number of rotatable bonds is 2. The smallest absolute Gasteiger partial charge is 0.412 e. The molecule has 0 radical (unpaired) electrons. The molecule has 0 aromatic rings. The van der Waals surface area contributed by atoms with Crippen molar-refractivity contribution >= 4 is 12.1 Å². The van der Waals surface area contributed by atoms with Crippen molar-refractivity contribution in [3.8, 4) is 0 Å². The molecule has 0 spiro atoms. The lowest BCUT2D eigenvalue weighted by atomic mass is 10.0. The van der Waals surface area contributed by atoms with Crippen LogP contribution in [0.25, 0.3) is 0 Å². The highest BCUT2D eigenvalue weighted by Gasteiger charge is 2.50. The molecule has 22 heavy (non-hydrogen) atoms. The molecule has 2 aliphatic rings. The summed E-state index contributed by atoms with van der Waals surface area (Å²) in [6.45, 7) is 8.88. The van der Waals surface area contributed by atoms with E-state index in [0.717, 1.165) is 0 Å². The monoisotopic (exact) mass is 313 g/mol. The van der Waals surface area contributed by atoms with Crippen LogP contribution in [-0.2, 0) is 19.0 Å². The summed E-state index contributed by atoms with van der Waals surface area (Å²) in [5.74, 6) is -0.508. The minimum atomic E-state index is -1.09. The predicted octanol–water partition coefficient (Wildman–Crippen LogP) is 1.20. The third kappa shape index (κ3) is 3.41. The van der Waals surface area contributed by atoms with Crippen molar-refractivity contribution in [3.05, 3.63) is 12.2 Å². The topological polar surface area (TPSA) is 85.3 Å². The van der Waals surface area contributed by atoms with Crippen molar-refractivity contribution in [2.45, 2.75) is 64.2 Å². The zero-order valence-electron chi connectivity index (χ0n) is 13.5. The van der Waals surface area contributed by atoms with Crippen LogP contribution in [0.1, 0.15) is 34.6 Å². The molecule has 2 aliphatic heterocycles. The fraction of sp³-hybridized carbons (Fsp3) is 0.733. The third-order valence-corrected chi connectivity index (χ3v) is 3.51. The highest BCUT2D eigenvalue weighted by Crippen LogP contribution is 2.32. The number of cyclic esters (lactones) is 1. The lowest BCUT2D eigenvalue weighted by Gasteiger charge is -2.37. The number of amides is 1. The van der Waals surface area contributed by atoms with Crippen LogP contribution in [0.4, 0.5) is 4.79 Å². The summed E-state index contributed by atoms with van der Waals surface area (Å²) in [5, 5.41) is 10.5. The molecule has 3 atom stereocenters. The quantitative estimate of drug-likeness (QED) is 0.771. The molecule has 124 valence electrons. The number of nitrogens with zero attached hydrogens (tertiary/aromatic N) is 1. The summed E-state index contributed by atoms with van der Waals surface area (Å²) in [7, 11) is 0. The van der Waals surface area contributed by atoms with E-state index in [1.165, 1.54) is 17.1 Å². The van der Waals surface area contributed by atoms with Gasteiger partial charge in [0.05, 0.1) is 12.6 Å². The molecule has 1 saturated heterocycles. The van der Waals surface area contributed by atoms with E-state index < -0.39 is 41.6 Å². The number of aliphatic hydroxyl groups is 1. The highest BCUT2D eigenvalue weighted by molar-refractivity contribution is 5.84. The molecular weight excluding hydrogens is 290 g/mol. The number of ether oxygens (including phenoxy) is 3. The van der Waals surface area contributed by atoms with E-state index in [9.17, 15) is 14.7 Å². The standard InChI is InChI=1S/C15H23NO6/c1-14(2,3)22-13(19)16-9(8-20-15(16,4)5)12(18)10-6-7-11(17)21-10/h6-7,9-10,12,18H,8H2,1-5H3/t9-,10+,12+/m0/s1. The van der Waals surface area contributed by atoms with Gasteiger partial charge < -0.3 is 19.3 Å². The van der Waals surface area contributed by atoms with E-state index in [1.54, 1.807) is 34.6 Å². The van der Waals surface area contributed by atoms with Gasteiger partial charge in [-0.15, -0.1) is 0 Å². The van der Waals surface area contributed by atoms with Crippen molar-refractivity contribution in [1.29, 1.82) is 0 Å². The summed E-state index contributed by atoms with van der Waals surface area (Å²) >= 11 is 0. The summed E-state index contributed by atoms with van der Waals surface area (Å²) in [6, 6.07) is -0.662. The van der Waals surface area contributed by atoms with E-state index in [1.807, 2.05) is 0 Å². The molecule has 1 N–H and O–H groups in total. The minimum absolute atomic E-state index is 0.134. The van der Waals surface area contributed by atoms with E-state index in [0.29, 0.717) is 0 Å². The average molecular weight is 313 g/mol. The maximum atomic E-state index is 12.5. The third-order valence-electron chi connectivity index (χ3n) is 3.51. The molecule has 1 amide bonds. The molecule has 0 saturated carbocycles. The Morgan fingerprint density at radius 1 is 1.50 bits per heavy atom. The first-order valence-corrected chi connectivity index (χ1v) is 7.24. The lowest BCUT2D eigenvalue weighted by Crippen LogP contribution is -2.55. The number of aliphatic hydroxyl groups excluding tert-OH is 1. The first-order valence-electron chi connectivity index (χ1n) is 7.24. The number of esters is 1. The zero-order valence-corrected chi connectivity index (χ0v) is 13.5. The van der Waals surface area contributed by atoms with Gasteiger partial charge in [0.2, 0.25) is 0 Å². The summed E-state index contributed by atoms with van der Waals surface area (Å²) in [6.07, 6.45) is 0.280. The van der Waals surface area contributed by atoms with Crippen LogP contribution in [0.5, 0.6) is 0 Å². The van der Waals surface area contributed by atoms with Gasteiger partial charge in [-0.25, -0.2) is 9.59 Å². The number of carbonyl (C=O) groups excluding carboxylic acids is 2. The maximum absolute atomic E-state index is 12.5. The summed E-state index contributed by atoms with van der Waals surface area (Å²) < 4.78 is 16.0. The van der Waals surface area contributed by atoms with Crippen LogP contribution >= 0.6 is 0 Å². The molecule has 0 aromatic heterocycles. The van der Waals surface area contributed by atoms with Gasteiger partial charge in [0.15, 0.2) is 0 Å². The Labute approximate surface area is 129 Å². The summed E-state index contributed by atoms with van der Waals surface area (Å²) in [5.41, 5.74) is -1.58. The van der Waals surface area contributed by atoms with Crippen molar-refractivity contribution in [2.75, 3.05) is 6.61 Å². The van der Waals surface area contributed by atoms with E-state index in [4.69, 9.17) is 14.2 Å². The Morgan fingerprint density at radius 3 is 2.64 bits per heavy atom. The maximum Gasteiger partial charge on any atom is 0.412 e. The Hall–Kier alpha value is -1.60. The van der Waals surface area contributed by atoms with Crippen molar-refractivity contribution < 1.29 is 28.9 Å². The van der Waals surface area contributed by atoms with Crippen LogP contribution in [-0.4, -0.2) is 58.3 Å². The molecular formula is C15H23NO6. The molecule has 7 nitrogen and oxygen atoms in total. The summed E-state index contributed by atoms with van der Waals surface area (Å²) in [4.78, 5) is 25.0. The molecule has 7 heteroatoms. The molecule has 2 rings (SSSR count). The van der Waals surface area contributed by atoms with Gasteiger partial charge >= 0.3 is 12.1 Å². The average Bonchev–Trinajstić information content (AvgIpc) is 2.89. The van der Waals surface area contributed by atoms with Gasteiger partial charge in [-0.1, -0.05) is 0 Å². The minimum Gasteiger partial charge on any atom is -0.452 e. The Morgan fingerprint density at radius 2 is 2.14 bits per heavy atom. The van der Waals surface area contributed by atoms with Gasteiger partial charge in [0, 0.05) is 6.08 Å². The van der Waals surface area contributed by atoms with Crippen LogP contribution in [0.3, 0.4) is 0 Å². The van der Waals surface area contributed by atoms with Gasteiger partial charge in [-0.3, -0.25) is 4.90 Å². The van der Waals surface area contributed by atoms with Gasteiger partial charge in [0.1, 0.15) is 23.5 Å². The molecule has 1 fully saturated rings. The van der Waals surface area contributed by atoms with Gasteiger partial charge in [0.25, 0.3) is 0 Å². The van der Waals surface area contributed by atoms with Gasteiger partial charge in [-0.05, 0) is 40.7 Å². The van der Waals surface area contributed by atoms with Crippen molar-refractivity contribution in [1.82, 2.24) is 4.90 Å². The SMILES string of the molecule is CC(C)(C)OC(=O)N1[C@H]([C@@H](O)[C@H]2C=CC(=O)O2)COC1(C)C. The molecule has 0 aromatic carbocycles.